The molecule has 0 saturated carbocycles. The summed E-state index contributed by atoms with van der Waals surface area (Å²) in [4.78, 5) is 35.7. The van der Waals surface area contributed by atoms with Crippen molar-refractivity contribution in [2.24, 2.45) is 5.92 Å². The summed E-state index contributed by atoms with van der Waals surface area (Å²) < 4.78 is 31.9. The van der Waals surface area contributed by atoms with Crippen molar-refractivity contribution in [3.05, 3.63) is 29.3 Å². The predicted molar refractivity (Wildman–Crippen MR) is 78.6 cm³/mol. The van der Waals surface area contributed by atoms with Gasteiger partial charge in [-0.25, -0.2) is 18.4 Å². The van der Waals surface area contributed by atoms with Crippen LogP contribution in [0.4, 0.5) is 19.3 Å². The normalized spacial score (nSPS) is 17.3. The Hall–Kier alpha value is -2.71. The molecule has 1 aromatic rings. The highest BCUT2D eigenvalue weighted by atomic mass is 19.1. The lowest BCUT2D eigenvalue weighted by molar-refractivity contribution is -0.143. The first-order valence-electron chi connectivity index (χ1n) is 7.19. The summed E-state index contributed by atoms with van der Waals surface area (Å²) in [5, 5.41) is 11.3. The minimum Gasteiger partial charge on any atom is -0.481 e. The zero-order valence-electron chi connectivity index (χ0n) is 12.8. The van der Waals surface area contributed by atoms with Gasteiger partial charge < -0.3 is 20.1 Å². The van der Waals surface area contributed by atoms with E-state index in [2.05, 4.69) is 10.1 Å². The number of carboxylic acids is 1. The van der Waals surface area contributed by atoms with Gasteiger partial charge in [0.1, 0.15) is 17.2 Å². The van der Waals surface area contributed by atoms with Crippen molar-refractivity contribution in [2.75, 3.05) is 25.5 Å². The molecule has 7 nitrogen and oxygen atoms in total. The summed E-state index contributed by atoms with van der Waals surface area (Å²) >= 11 is 0. The number of benzene rings is 1. The van der Waals surface area contributed by atoms with Gasteiger partial charge in [-0.15, -0.1) is 0 Å². The molecule has 1 fully saturated rings. The van der Waals surface area contributed by atoms with E-state index in [1.54, 1.807) is 0 Å². The number of anilines is 1. The summed E-state index contributed by atoms with van der Waals surface area (Å²) in [6, 6.07) is 0.933. The van der Waals surface area contributed by atoms with E-state index in [4.69, 9.17) is 5.11 Å². The number of amides is 2. The van der Waals surface area contributed by atoms with Crippen molar-refractivity contribution in [1.82, 2.24) is 4.90 Å². The van der Waals surface area contributed by atoms with Gasteiger partial charge in [-0.1, -0.05) is 0 Å². The van der Waals surface area contributed by atoms with Crippen LogP contribution in [0.15, 0.2) is 12.1 Å². The summed E-state index contributed by atoms with van der Waals surface area (Å²) in [5.41, 5.74) is -1.03. The molecule has 0 aromatic heterocycles. The number of nitrogens with zero attached hydrogens (tertiary/aromatic N) is 1. The lowest BCUT2D eigenvalue weighted by atomic mass is 9.99. The third-order valence-electron chi connectivity index (χ3n) is 3.74. The summed E-state index contributed by atoms with van der Waals surface area (Å²) in [7, 11) is 0.992. The maximum Gasteiger partial charge on any atom is 0.343 e. The molecule has 1 aliphatic rings. The SMILES string of the molecule is COC(=O)c1c(F)cc(NC(=O)N2CCCC(C(=O)O)C2)cc1F. The van der Waals surface area contributed by atoms with E-state index < -0.39 is 41.1 Å². The molecule has 0 radical (unpaired) electrons. The first kappa shape index (κ1) is 17.6. The fraction of sp³-hybridized carbons (Fsp3) is 0.400. The van der Waals surface area contributed by atoms with Crippen LogP contribution < -0.4 is 5.32 Å². The lowest BCUT2D eigenvalue weighted by Gasteiger charge is -2.30. The van der Waals surface area contributed by atoms with Crippen molar-refractivity contribution in [3.63, 3.8) is 0 Å². The van der Waals surface area contributed by atoms with E-state index in [1.807, 2.05) is 0 Å². The average Bonchev–Trinajstić information content (AvgIpc) is 2.54. The summed E-state index contributed by atoms with van der Waals surface area (Å²) in [6.45, 7) is 0.368. The maximum absolute atomic E-state index is 13.8. The monoisotopic (exact) mass is 342 g/mol. The Kier molecular flexibility index (Phi) is 5.32. The van der Waals surface area contributed by atoms with Gasteiger partial charge in [-0.05, 0) is 25.0 Å². The number of ether oxygens (including phenoxy) is 1. The van der Waals surface area contributed by atoms with Gasteiger partial charge in [0.25, 0.3) is 0 Å². The van der Waals surface area contributed by atoms with E-state index in [-0.39, 0.29) is 12.2 Å². The van der Waals surface area contributed by atoms with Gasteiger partial charge in [0.05, 0.1) is 13.0 Å². The second-order valence-electron chi connectivity index (χ2n) is 5.36. The Morgan fingerprint density at radius 1 is 1.29 bits per heavy atom. The lowest BCUT2D eigenvalue weighted by Crippen LogP contribution is -2.44. The van der Waals surface area contributed by atoms with Crippen LogP contribution in [0.3, 0.4) is 0 Å². The molecule has 2 rings (SSSR count). The van der Waals surface area contributed by atoms with E-state index in [9.17, 15) is 23.2 Å². The van der Waals surface area contributed by atoms with Gasteiger partial charge in [-0.3, -0.25) is 4.79 Å². The fourth-order valence-corrected chi connectivity index (χ4v) is 2.51. The van der Waals surface area contributed by atoms with Gasteiger partial charge in [0.2, 0.25) is 0 Å². The number of esters is 1. The van der Waals surface area contributed by atoms with Crippen LogP contribution in [0, 0.1) is 17.6 Å². The number of hydrogen-bond donors (Lipinski definition) is 2. The van der Waals surface area contributed by atoms with E-state index in [1.165, 1.54) is 4.90 Å². The van der Waals surface area contributed by atoms with E-state index in [0.717, 1.165) is 19.2 Å². The number of aliphatic carboxylic acids is 1. The maximum atomic E-state index is 13.8. The number of likely N-dealkylation sites (tertiary alicyclic amines) is 1. The highest BCUT2D eigenvalue weighted by Gasteiger charge is 2.28. The second kappa shape index (κ2) is 7.24. The molecule has 0 bridgehead atoms. The number of rotatable bonds is 3. The number of carbonyl (C=O) groups is 3. The van der Waals surface area contributed by atoms with Gasteiger partial charge in [0, 0.05) is 18.8 Å². The van der Waals surface area contributed by atoms with Gasteiger partial charge in [0.15, 0.2) is 0 Å². The molecule has 1 aromatic carbocycles. The molecular weight excluding hydrogens is 326 g/mol. The molecule has 2 N–H and O–H groups in total. The zero-order valence-corrected chi connectivity index (χ0v) is 12.8. The number of hydrogen-bond acceptors (Lipinski definition) is 4. The Morgan fingerprint density at radius 2 is 1.92 bits per heavy atom. The molecule has 24 heavy (non-hydrogen) atoms. The number of nitrogens with one attached hydrogen (secondary N) is 1. The van der Waals surface area contributed by atoms with Crippen LogP contribution in [-0.2, 0) is 9.53 Å². The Balaban J connectivity index is 2.12. The molecule has 1 heterocycles. The molecule has 0 aliphatic carbocycles. The van der Waals surface area contributed by atoms with Crippen molar-refractivity contribution in [3.8, 4) is 0 Å². The van der Waals surface area contributed by atoms with E-state index >= 15 is 0 Å². The smallest absolute Gasteiger partial charge is 0.343 e. The first-order valence-corrected chi connectivity index (χ1v) is 7.19. The van der Waals surface area contributed by atoms with Crippen molar-refractivity contribution in [1.29, 1.82) is 0 Å². The largest absolute Gasteiger partial charge is 0.481 e. The number of methoxy groups -OCH3 is 1. The van der Waals surface area contributed by atoms with Crippen LogP contribution in [-0.4, -0.2) is 48.2 Å². The van der Waals surface area contributed by atoms with Crippen LogP contribution in [0.5, 0.6) is 0 Å². The number of piperidine rings is 1. The number of urea groups is 1. The predicted octanol–water partition coefficient (Wildman–Crippen LogP) is 2.08. The molecule has 1 atom stereocenters. The quantitative estimate of drug-likeness (QED) is 0.820. The van der Waals surface area contributed by atoms with Crippen molar-refractivity contribution in [2.45, 2.75) is 12.8 Å². The van der Waals surface area contributed by atoms with Crippen molar-refractivity contribution < 1.29 is 33.0 Å². The Morgan fingerprint density at radius 3 is 2.46 bits per heavy atom. The zero-order chi connectivity index (χ0) is 17.9. The van der Waals surface area contributed by atoms with Crippen LogP contribution >= 0.6 is 0 Å². The van der Waals surface area contributed by atoms with Crippen LogP contribution in [0.2, 0.25) is 0 Å². The second-order valence-corrected chi connectivity index (χ2v) is 5.36. The third kappa shape index (κ3) is 3.79. The number of halogens is 2. The van der Waals surface area contributed by atoms with Crippen molar-refractivity contribution >= 4 is 23.7 Å². The van der Waals surface area contributed by atoms with Crippen LogP contribution in [0.25, 0.3) is 0 Å². The molecule has 1 saturated heterocycles. The minimum absolute atomic E-state index is 0.0202. The Labute approximate surface area is 136 Å². The average molecular weight is 342 g/mol. The molecular formula is C15H16F2N2O5. The molecule has 1 aliphatic heterocycles. The molecule has 130 valence electrons. The summed E-state index contributed by atoms with van der Waals surface area (Å²) in [5.74, 6) is -5.16. The van der Waals surface area contributed by atoms with Crippen LogP contribution in [0.1, 0.15) is 23.2 Å². The number of carbonyl (C=O) groups excluding carboxylic acids is 2. The van der Waals surface area contributed by atoms with Gasteiger partial charge in [-0.2, -0.15) is 0 Å². The Bertz CT molecular complexity index is 657. The first-order chi connectivity index (χ1) is 11.3. The summed E-state index contributed by atoms with van der Waals surface area (Å²) in [6.07, 6.45) is 0.991. The molecule has 2 amide bonds. The molecule has 1 unspecified atom stereocenters. The van der Waals surface area contributed by atoms with Gasteiger partial charge >= 0.3 is 18.0 Å². The fourth-order valence-electron chi connectivity index (χ4n) is 2.51. The highest BCUT2D eigenvalue weighted by molar-refractivity contribution is 5.93. The molecule has 0 spiro atoms. The van der Waals surface area contributed by atoms with E-state index in [0.29, 0.717) is 19.4 Å². The highest BCUT2D eigenvalue weighted by Crippen LogP contribution is 2.22. The minimum atomic E-state index is -1.17. The molecule has 9 heteroatoms. The third-order valence-corrected chi connectivity index (χ3v) is 3.74. The topological polar surface area (TPSA) is 95.9 Å². The standard InChI is InChI=1S/C15H16F2N2O5/c1-24-14(22)12-10(16)5-9(6-11(12)17)18-15(23)19-4-2-3-8(7-19)13(20)21/h5-6,8H,2-4,7H2,1H3,(H,18,23)(H,20,21). The number of carboxylic acid groups (broad SMARTS) is 1.